The lowest BCUT2D eigenvalue weighted by Crippen LogP contribution is -2.09. The number of benzene rings is 3. The number of H-pyrrole nitrogens is 1. The molecule has 0 aliphatic carbocycles. The Bertz CT molecular complexity index is 1400. The van der Waals surface area contributed by atoms with Gasteiger partial charge in [0.15, 0.2) is 0 Å². The zero-order valence-corrected chi connectivity index (χ0v) is 16.3. The largest absolute Gasteiger partial charge is 0.338 e. The molecule has 0 aliphatic heterocycles. The Morgan fingerprint density at radius 2 is 1.90 bits per heavy atom. The van der Waals surface area contributed by atoms with Gasteiger partial charge in [0.05, 0.1) is 20.8 Å². The van der Waals surface area contributed by atoms with Crippen LogP contribution in [0.4, 0.5) is 11.4 Å². The number of imidazole rings is 1. The molecule has 0 aliphatic rings. The van der Waals surface area contributed by atoms with Gasteiger partial charge in [0.25, 0.3) is 11.6 Å². The molecule has 5 rings (SSSR count). The highest BCUT2D eigenvalue weighted by Crippen LogP contribution is 2.30. The van der Waals surface area contributed by atoms with E-state index < -0.39 is 4.92 Å². The standard InChI is InChI=1S/C22H14N4O3S/c27-22(20-12-14-11-16(26(28)29)8-9-19(14)30-20)23-15-5-3-4-13(10-15)21-24-17-6-1-2-7-18(17)25-21/h1-12H,(H,23,27)(H,24,25). The summed E-state index contributed by atoms with van der Waals surface area (Å²) < 4.78 is 0.821. The van der Waals surface area contributed by atoms with Crippen LogP contribution in [0.25, 0.3) is 32.5 Å². The van der Waals surface area contributed by atoms with E-state index in [0.717, 1.165) is 27.1 Å². The maximum Gasteiger partial charge on any atom is 0.270 e. The molecule has 8 heteroatoms. The fourth-order valence-corrected chi connectivity index (χ4v) is 4.22. The van der Waals surface area contributed by atoms with Gasteiger partial charge in [0.1, 0.15) is 5.82 Å². The van der Waals surface area contributed by atoms with Crippen LogP contribution in [0, 0.1) is 10.1 Å². The molecule has 0 fully saturated rings. The van der Waals surface area contributed by atoms with Crippen LogP contribution < -0.4 is 5.32 Å². The van der Waals surface area contributed by atoms with Crippen LogP contribution in [0.3, 0.4) is 0 Å². The molecule has 0 spiro atoms. The molecule has 146 valence electrons. The molecule has 2 N–H and O–H groups in total. The lowest BCUT2D eigenvalue weighted by Gasteiger charge is -2.05. The van der Waals surface area contributed by atoms with Gasteiger partial charge in [-0.25, -0.2) is 4.98 Å². The monoisotopic (exact) mass is 414 g/mol. The number of anilines is 1. The second-order valence-electron chi connectivity index (χ2n) is 6.73. The number of rotatable bonds is 4. The smallest absolute Gasteiger partial charge is 0.270 e. The van der Waals surface area contributed by atoms with E-state index in [4.69, 9.17) is 0 Å². The van der Waals surface area contributed by atoms with E-state index in [9.17, 15) is 14.9 Å². The number of nitrogens with zero attached hydrogens (tertiary/aromatic N) is 2. The van der Waals surface area contributed by atoms with Crippen molar-refractivity contribution in [3.63, 3.8) is 0 Å². The van der Waals surface area contributed by atoms with Gasteiger partial charge in [-0.2, -0.15) is 0 Å². The number of nitro benzene ring substituents is 1. The number of carbonyl (C=O) groups is 1. The minimum atomic E-state index is -0.444. The zero-order valence-electron chi connectivity index (χ0n) is 15.5. The Hall–Kier alpha value is -4.04. The number of carbonyl (C=O) groups excluding carboxylic acids is 1. The molecule has 30 heavy (non-hydrogen) atoms. The maximum atomic E-state index is 12.7. The third-order valence-corrected chi connectivity index (χ3v) is 5.83. The highest BCUT2D eigenvalue weighted by Gasteiger charge is 2.14. The van der Waals surface area contributed by atoms with E-state index in [0.29, 0.717) is 16.0 Å². The summed E-state index contributed by atoms with van der Waals surface area (Å²) in [6, 6.07) is 21.5. The lowest BCUT2D eigenvalue weighted by atomic mass is 10.2. The first kappa shape index (κ1) is 18.0. The number of hydrogen-bond acceptors (Lipinski definition) is 5. The van der Waals surface area contributed by atoms with E-state index in [1.54, 1.807) is 12.1 Å². The summed E-state index contributed by atoms with van der Waals surface area (Å²) in [4.78, 5) is 31.6. The number of aromatic amines is 1. The predicted molar refractivity (Wildman–Crippen MR) is 118 cm³/mol. The first-order chi connectivity index (χ1) is 14.6. The Balaban J connectivity index is 1.41. The Morgan fingerprint density at radius 1 is 1.03 bits per heavy atom. The van der Waals surface area contributed by atoms with Crippen LogP contribution in [0.2, 0.25) is 0 Å². The number of nitrogens with one attached hydrogen (secondary N) is 2. The summed E-state index contributed by atoms with van der Waals surface area (Å²) in [5, 5.41) is 14.5. The first-order valence-corrected chi connectivity index (χ1v) is 9.93. The molecule has 2 heterocycles. The van der Waals surface area contributed by atoms with Crippen molar-refractivity contribution >= 4 is 49.7 Å². The fourth-order valence-electron chi connectivity index (χ4n) is 3.28. The van der Waals surface area contributed by atoms with E-state index in [-0.39, 0.29) is 11.6 Å². The minimum Gasteiger partial charge on any atom is -0.338 e. The van der Waals surface area contributed by atoms with Crippen LogP contribution in [-0.2, 0) is 0 Å². The van der Waals surface area contributed by atoms with Gasteiger partial charge in [-0.3, -0.25) is 14.9 Å². The number of aromatic nitrogens is 2. The van der Waals surface area contributed by atoms with Crippen molar-refractivity contribution in [2.24, 2.45) is 0 Å². The summed E-state index contributed by atoms with van der Waals surface area (Å²) in [7, 11) is 0. The van der Waals surface area contributed by atoms with Crippen molar-refractivity contribution in [3.8, 4) is 11.4 Å². The van der Waals surface area contributed by atoms with Gasteiger partial charge < -0.3 is 10.3 Å². The molecule has 2 aromatic heterocycles. The van der Waals surface area contributed by atoms with Gasteiger partial charge >= 0.3 is 0 Å². The van der Waals surface area contributed by atoms with Crippen LogP contribution in [0.15, 0.2) is 72.8 Å². The van der Waals surface area contributed by atoms with Gasteiger partial charge in [0.2, 0.25) is 0 Å². The van der Waals surface area contributed by atoms with E-state index in [1.807, 2.05) is 48.5 Å². The third kappa shape index (κ3) is 3.29. The molecular weight excluding hydrogens is 400 g/mol. The first-order valence-electron chi connectivity index (χ1n) is 9.11. The number of fused-ring (bicyclic) bond motifs is 2. The maximum absolute atomic E-state index is 12.7. The second kappa shape index (κ2) is 7.09. The highest BCUT2D eigenvalue weighted by atomic mass is 32.1. The zero-order chi connectivity index (χ0) is 20.7. The summed E-state index contributed by atoms with van der Waals surface area (Å²) in [5.74, 6) is 0.460. The summed E-state index contributed by atoms with van der Waals surface area (Å²) in [6.07, 6.45) is 0. The summed E-state index contributed by atoms with van der Waals surface area (Å²) >= 11 is 1.30. The van der Waals surface area contributed by atoms with Gasteiger partial charge in [0, 0.05) is 33.5 Å². The second-order valence-corrected chi connectivity index (χ2v) is 7.81. The summed E-state index contributed by atoms with van der Waals surface area (Å²) in [6.45, 7) is 0. The molecule has 7 nitrogen and oxygen atoms in total. The molecule has 0 radical (unpaired) electrons. The molecule has 3 aromatic carbocycles. The number of thiophene rings is 1. The van der Waals surface area contributed by atoms with Crippen LogP contribution in [0.1, 0.15) is 9.67 Å². The molecular formula is C22H14N4O3S. The van der Waals surface area contributed by atoms with Crippen molar-refractivity contribution in [2.75, 3.05) is 5.32 Å². The van der Waals surface area contributed by atoms with E-state index in [2.05, 4.69) is 15.3 Å². The average Bonchev–Trinajstić information content (AvgIpc) is 3.37. The Labute approximate surface area is 174 Å². The predicted octanol–water partition coefficient (Wildman–Crippen LogP) is 5.61. The van der Waals surface area contributed by atoms with E-state index >= 15 is 0 Å². The molecule has 0 unspecified atom stereocenters. The van der Waals surface area contributed by atoms with Crippen LogP contribution in [0.5, 0.6) is 0 Å². The molecule has 0 atom stereocenters. The molecule has 0 saturated carbocycles. The number of non-ortho nitro benzene ring substituents is 1. The van der Waals surface area contributed by atoms with E-state index in [1.165, 1.54) is 23.5 Å². The quantitative estimate of drug-likeness (QED) is 0.295. The van der Waals surface area contributed by atoms with Crippen LogP contribution >= 0.6 is 11.3 Å². The topological polar surface area (TPSA) is 101 Å². The highest BCUT2D eigenvalue weighted by molar-refractivity contribution is 7.20. The number of para-hydroxylation sites is 2. The molecule has 1 amide bonds. The van der Waals surface area contributed by atoms with Gasteiger partial charge in [-0.15, -0.1) is 11.3 Å². The summed E-state index contributed by atoms with van der Waals surface area (Å²) in [5.41, 5.74) is 3.32. The van der Waals surface area contributed by atoms with Crippen LogP contribution in [-0.4, -0.2) is 20.8 Å². The fraction of sp³-hybridized carbons (Fsp3) is 0. The SMILES string of the molecule is O=C(Nc1cccc(-c2nc3ccccc3[nH]2)c1)c1cc2cc([N+](=O)[O-])ccc2s1. The van der Waals surface area contributed by atoms with Crippen molar-refractivity contribution in [1.29, 1.82) is 0 Å². The van der Waals surface area contributed by atoms with Gasteiger partial charge in [-0.05, 0) is 36.4 Å². The van der Waals surface area contributed by atoms with Crippen molar-refractivity contribution in [3.05, 3.63) is 87.8 Å². The molecule has 5 aromatic rings. The normalized spacial score (nSPS) is 11.1. The average molecular weight is 414 g/mol. The molecule has 0 bridgehead atoms. The Kier molecular flexibility index (Phi) is 4.26. The number of nitro groups is 1. The molecule has 0 saturated heterocycles. The lowest BCUT2D eigenvalue weighted by molar-refractivity contribution is -0.384. The number of hydrogen-bond donors (Lipinski definition) is 2. The van der Waals surface area contributed by atoms with Crippen molar-refractivity contribution < 1.29 is 9.72 Å². The Morgan fingerprint density at radius 3 is 2.73 bits per heavy atom. The minimum absolute atomic E-state index is 0.00536. The van der Waals surface area contributed by atoms with Crippen molar-refractivity contribution in [2.45, 2.75) is 0 Å². The van der Waals surface area contributed by atoms with Crippen molar-refractivity contribution in [1.82, 2.24) is 9.97 Å². The third-order valence-electron chi connectivity index (χ3n) is 4.72. The number of amides is 1. The van der Waals surface area contributed by atoms with Gasteiger partial charge in [-0.1, -0.05) is 24.3 Å².